The van der Waals surface area contributed by atoms with Gasteiger partial charge in [0.15, 0.2) is 6.17 Å². The van der Waals surface area contributed by atoms with Gasteiger partial charge in [0.05, 0.1) is 10.4 Å². The highest BCUT2D eigenvalue weighted by molar-refractivity contribution is 8.24. The summed E-state index contributed by atoms with van der Waals surface area (Å²) in [7, 11) is 0. The molecule has 1 fully saturated rings. The SMILES string of the molecule is CCCCN1C(=S)SC(C)(C)[C@@H]1n1oc(=O)n(-c2ccccc2)c1=O. The fraction of sp³-hybridized carbons (Fsp3) is 0.471. The molecule has 0 amide bonds. The van der Waals surface area contributed by atoms with Gasteiger partial charge in [0.1, 0.15) is 4.32 Å². The number of benzene rings is 1. The fourth-order valence-electron chi connectivity index (χ4n) is 3.05. The van der Waals surface area contributed by atoms with E-state index in [9.17, 15) is 9.59 Å². The third-order valence-electron chi connectivity index (χ3n) is 4.23. The minimum atomic E-state index is -0.690. The molecule has 0 bridgehead atoms. The Morgan fingerprint density at radius 3 is 2.56 bits per heavy atom. The molecule has 0 radical (unpaired) electrons. The largest absolute Gasteiger partial charge is 0.447 e. The summed E-state index contributed by atoms with van der Waals surface area (Å²) in [5.41, 5.74) is 0.00668. The number of para-hydroxylation sites is 1. The highest BCUT2D eigenvalue weighted by Gasteiger charge is 2.47. The van der Waals surface area contributed by atoms with E-state index in [1.807, 2.05) is 24.8 Å². The summed E-state index contributed by atoms with van der Waals surface area (Å²) in [4.78, 5) is 27.3. The van der Waals surface area contributed by atoms with E-state index in [1.54, 1.807) is 24.3 Å². The van der Waals surface area contributed by atoms with Crippen LogP contribution in [0.1, 0.15) is 39.8 Å². The van der Waals surface area contributed by atoms with Crippen LogP contribution in [0.2, 0.25) is 0 Å². The molecule has 6 nitrogen and oxygen atoms in total. The van der Waals surface area contributed by atoms with Gasteiger partial charge in [0.25, 0.3) is 0 Å². The summed E-state index contributed by atoms with van der Waals surface area (Å²) in [5.74, 6) is -0.690. The van der Waals surface area contributed by atoms with Crippen molar-refractivity contribution in [2.24, 2.45) is 0 Å². The van der Waals surface area contributed by atoms with Crippen molar-refractivity contribution in [2.75, 3.05) is 6.54 Å². The standard InChI is InChI=1S/C17H21N3O3S2/c1-4-5-11-18-13(17(2,3)25-16(18)24)20-14(21)19(15(22)23-20)12-9-7-6-8-10-12/h6-10,13H,4-5,11H2,1-3H3/t13-/m0/s1. The summed E-state index contributed by atoms with van der Waals surface area (Å²) in [6.45, 7) is 6.84. The van der Waals surface area contributed by atoms with E-state index < -0.39 is 17.6 Å². The van der Waals surface area contributed by atoms with Gasteiger partial charge in [-0.3, -0.25) is 0 Å². The fourth-order valence-corrected chi connectivity index (χ4v) is 4.97. The molecule has 2 aromatic rings. The first-order valence-electron chi connectivity index (χ1n) is 8.26. The van der Waals surface area contributed by atoms with Crippen LogP contribution < -0.4 is 11.4 Å². The van der Waals surface area contributed by atoms with Crippen molar-refractivity contribution in [3.63, 3.8) is 0 Å². The third kappa shape index (κ3) is 3.20. The summed E-state index contributed by atoms with van der Waals surface area (Å²) in [5, 5.41) is 0. The molecule has 0 saturated carbocycles. The van der Waals surface area contributed by atoms with Gasteiger partial charge >= 0.3 is 11.4 Å². The molecular formula is C17H21N3O3S2. The van der Waals surface area contributed by atoms with Gasteiger partial charge in [-0.05, 0) is 32.4 Å². The first-order chi connectivity index (χ1) is 11.9. The minimum Gasteiger partial charge on any atom is -0.333 e. The van der Waals surface area contributed by atoms with Gasteiger partial charge in [-0.1, -0.05) is 55.5 Å². The number of unbranched alkanes of at least 4 members (excludes halogenated alkanes) is 1. The van der Waals surface area contributed by atoms with Gasteiger partial charge in [-0.15, -0.1) is 4.74 Å². The summed E-state index contributed by atoms with van der Waals surface area (Å²) < 4.78 is 7.95. The molecule has 134 valence electrons. The van der Waals surface area contributed by atoms with E-state index in [2.05, 4.69) is 6.92 Å². The zero-order valence-electron chi connectivity index (χ0n) is 14.5. The number of hydrogen-bond acceptors (Lipinski definition) is 5. The van der Waals surface area contributed by atoms with Gasteiger partial charge in [0.2, 0.25) is 0 Å². The molecule has 0 spiro atoms. The van der Waals surface area contributed by atoms with Crippen LogP contribution in [0, 0.1) is 0 Å². The molecule has 2 heterocycles. The van der Waals surface area contributed by atoms with Crippen molar-refractivity contribution in [1.29, 1.82) is 0 Å². The topological polar surface area (TPSA) is 60.4 Å². The lowest BCUT2D eigenvalue weighted by Gasteiger charge is -2.30. The van der Waals surface area contributed by atoms with Crippen LogP contribution in [0.25, 0.3) is 5.69 Å². The zero-order chi connectivity index (χ0) is 18.2. The van der Waals surface area contributed by atoms with Crippen molar-refractivity contribution in [2.45, 2.75) is 44.5 Å². The van der Waals surface area contributed by atoms with Gasteiger partial charge in [-0.25, -0.2) is 9.59 Å². The van der Waals surface area contributed by atoms with E-state index in [1.165, 1.54) is 16.5 Å². The Hall–Kier alpha value is -1.80. The number of aromatic nitrogens is 2. The van der Waals surface area contributed by atoms with E-state index in [-0.39, 0.29) is 4.75 Å². The summed E-state index contributed by atoms with van der Waals surface area (Å²) in [6.07, 6.45) is 1.54. The average molecular weight is 380 g/mol. The van der Waals surface area contributed by atoms with E-state index >= 15 is 0 Å². The summed E-state index contributed by atoms with van der Waals surface area (Å²) in [6, 6.07) is 8.79. The Morgan fingerprint density at radius 1 is 1.24 bits per heavy atom. The Labute approximate surface area is 155 Å². The number of hydrogen-bond donors (Lipinski definition) is 0. The minimum absolute atomic E-state index is 0.381. The average Bonchev–Trinajstić information content (AvgIpc) is 2.97. The lowest BCUT2D eigenvalue weighted by molar-refractivity contribution is 0.0897. The van der Waals surface area contributed by atoms with Crippen LogP contribution in [-0.2, 0) is 0 Å². The van der Waals surface area contributed by atoms with Crippen molar-refractivity contribution in [1.82, 2.24) is 14.2 Å². The molecule has 1 saturated heterocycles. The van der Waals surface area contributed by atoms with Crippen molar-refractivity contribution in [3.05, 3.63) is 51.4 Å². The Bertz CT molecular complexity index is 883. The molecule has 1 aliphatic heterocycles. The summed E-state index contributed by atoms with van der Waals surface area (Å²) >= 11 is 7.03. The maximum atomic E-state index is 12.9. The zero-order valence-corrected chi connectivity index (χ0v) is 16.1. The predicted octanol–water partition coefficient (Wildman–Crippen LogP) is 3.00. The molecule has 0 N–H and O–H groups in total. The van der Waals surface area contributed by atoms with E-state index in [0.29, 0.717) is 5.69 Å². The first-order valence-corrected chi connectivity index (χ1v) is 9.49. The number of rotatable bonds is 5. The maximum Gasteiger partial charge on any atom is 0.447 e. The normalized spacial score (nSPS) is 19.6. The van der Waals surface area contributed by atoms with E-state index in [0.717, 1.165) is 28.3 Å². The molecule has 0 unspecified atom stereocenters. The van der Waals surface area contributed by atoms with Gasteiger partial charge in [0, 0.05) is 6.54 Å². The highest BCUT2D eigenvalue weighted by atomic mass is 32.2. The second kappa shape index (κ2) is 6.84. The van der Waals surface area contributed by atoms with Crippen LogP contribution in [0.4, 0.5) is 0 Å². The van der Waals surface area contributed by atoms with Crippen LogP contribution in [0.3, 0.4) is 0 Å². The number of thiocarbonyl (C=S) groups is 1. The van der Waals surface area contributed by atoms with Crippen molar-refractivity contribution in [3.8, 4) is 5.69 Å². The monoisotopic (exact) mass is 379 g/mol. The molecule has 3 rings (SSSR count). The molecule has 1 aromatic heterocycles. The Kier molecular flexibility index (Phi) is 4.92. The van der Waals surface area contributed by atoms with Crippen LogP contribution in [0.5, 0.6) is 0 Å². The second-order valence-corrected chi connectivity index (χ2v) is 8.82. The molecule has 0 aliphatic carbocycles. The lowest BCUT2D eigenvalue weighted by atomic mass is 10.1. The first kappa shape index (κ1) is 18.0. The molecule has 25 heavy (non-hydrogen) atoms. The molecule has 8 heteroatoms. The Morgan fingerprint density at radius 2 is 1.92 bits per heavy atom. The van der Waals surface area contributed by atoms with Crippen LogP contribution >= 0.6 is 24.0 Å². The van der Waals surface area contributed by atoms with Crippen molar-refractivity contribution >= 4 is 28.3 Å². The molecule has 1 aromatic carbocycles. The van der Waals surface area contributed by atoms with Crippen LogP contribution in [0.15, 0.2) is 44.4 Å². The predicted molar refractivity (Wildman–Crippen MR) is 103 cm³/mol. The second-order valence-electron chi connectivity index (χ2n) is 6.53. The highest BCUT2D eigenvalue weighted by Crippen LogP contribution is 2.46. The quantitative estimate of drug-likeness (QED) is 0.745. The lowest BCUT2D eigenvalue weighted by Crippen LogP contribution is -2.42. The number of nitrogens with zero attached hydrogens (tertiary/aromatic N) is 3. The molecule has 1 atom stereocenters. The maximum absolute atomic E-state index is 12.9. The van der Waals surface area contributed by atoms with Crippen LogP contribution in [-0.4, -0.2) is 29.8 Å². The van der Waals surface area contributed by atoms with Crippen molar-refractivity contribution < 1.29 is 4.52 Å². The van der Waals surface area contributed by atoms with Gasteiger partial charge in [-0.2, -0.15) is 4.57 Å². The third-order valence-corrected chi connectivity index (χ3v) is 5.86. The smallest absolute Gasteiger partial charge is 0.333 e. The van der Waals surface area contributed by atoms with Gasteiger partial charge < -0.3 is 9.42 Å². The molecular weight excluding hydrogens is 358 g/mol. The Balaban J connectivity index is 2.10. The van der Waals surface area contributed by atoms with E-state index in [4.69, 9.17) is 16.7 Å². The molecule has 1 aliphatic rings. The number of thioether (sulfide) groups is 1.